The average Bonchev–Trinajstić information content (AvgIpc) is 2.74. The highest BCUT2D eigenvalue weighted by atomic mass is 16.5. The van der Waals surface area contributed by atoms with Gasteiger partial charge >= 0.3 is 0 Å². The van der Waals surface area contributed by atoms with Gasteiger partial charge in [-0.25, -0.2) is 0 Å². The van der Waals surface area contributed by atoms with E-state index < -0.39 is 0 Å². The van der Waals surface area contributed by atoms with Gasteiger partial charge in [0.25, 0.3) is 0 Å². The number of methoxy groups -OCH3 is 1. The van der Waals surface area contributed by atoms with E-state index in [1.54, 1.807) is 7.11 Å². The maximum absolute atomic E-state index is 6.19. The molecule has 1 saturated carbocycles. The lowest BCUT2D eigenvalue weighted by atomic mass is 10.1. The highest BCUT2D eigenvalue weighted by Crippen LogP contribution is 2.31. The van der Waals surface area contributed by atoms with Gasteiger partial charge in [0.2, 0.25) is 0 Å². The number of rotatable bonds is 6. The normalized spacial score (nSPS) is 16.8. The molecule has 1 fully saturated rings. The van der Waals surface area contributed by atoms with Crippen LogP contribution in [-0.4, -0.2) is 19.3 Å². The molecule has 3 heteroatoms. The van der Waals surface area contributed by atoms with E-state index in [1.807, 2.05) is 0 Å². The van der Waals surface area contributed by atoms with Crippen LogP contribution in [0.4, 0.5) is 0 Å². The molecule has 1 aromatic rings. The summed E-state index contributed by atoms with van der Waals surface area (Å²) in [5.41, 5.74) is 1.23. The van der Waals surface area contributed by atoms with E-state index in [9.17, 15) is 0 Å². The Morgan fingerprint density at radius 2 is 1.81 bits per heavy atom. The minimum absolute atomic E-state index is 0.348. The molecule has 0 heterocycles. The van der Waals surface area contributed by atoms with Crippen LogP contribution in [0.1, 0.15) is 57.9 Å². The van der Waals surface area contributed by atoms with Crippen LogP contribution in [0.3, 0.4) is 0 Å². The molecule has 0 bridgehead atoms. The zero-order chi connectivity index (χ0) is 15.1. The van der Waals surface area contributed by atoms with Crippen LogP contribution in [0.15, 0.2) is 18.2 Å². The molecule has 2 rings (SSSR count). The second-order valence-corrected chi connectivity index (χ2v) is 6.25. The molecule has 0 spiro atoms. The lowest BCUT2D eigenvalue weighted by molar-refractivity contribution is 0.176. The molecule has 1 N–H and O–H groups in total. The first-order chi connectivity index (χ1) is 10.2. The van der Waals surface area contributed by atoms with E-state index in [0.29, 0.717) is 12.1 Å². The highest BCUT2D eigenvalue weighted by Gasteiger charge is 2.16. The van der Waals surface area contributed by atoms with Gasteiger partial charge in [-0.15, -0.1) is 0 Å². The molecule has 1 aliphatic rings. The van der Waals surface area contributed by atoms with Crippen molar-refractivity contribution >= 4 is 0 Å². The van der Waals surface area contributed by atoms with E-state index >= 15 is 0 Å². The molecule has 0 saturated heterocycles. The molecule has 0 radical (unpaired) electrons. The highest BCUT2D eigenvalue weighted by molar-refractivity contribution is 5.43. The zero-order valence-corrected chi connectivity index (χ0v) is 13.7. The fraction of sp³-hybridized carbons (Fsp3) is 0.667. The molecule has 1 aromatic carbocycles. The fourth-order valence-corrected chi connectivity index (χ4v) is 2.78. The van der Waals surface area contributed by atoms with E-state index in [4.69, 9.17) is 9.47 Å². The number of ether oxygens (including phenoxy) is 2. The zero-order valence-electron chi connectivity index (χ0n) is 13.7. The van der Waals surface area contributed by atoms with Gasteiger partial charge in [0.1, 0.15) is 0 Å². The monoisotopic (exact) mass is 291 g/mol. The Morgan fingerprint density at radius 1 is 1.10 bits per heavy atom. The molecule has 0 unspecified atom stereocenters. The van der Waals surface area contributed by atoms with Gasteiger partial charge in [0, 0.05) is 12.6 Å². The summed E-state index contributed by atoms with van der Waals surface area (Å²) in [4.78, 5) is 0. The third-order valence-electron chi connectivity index (χ3n) is 4.04. The Bertz CT molecular complexity index is 423. The Labute approximate surface area is 129 Å². The van der Waals surface area contributed by atoms with Crippen LogP contribution in [-0.2, 0) is 6.54 Å². The summed E-state index contributed by atoms with van der Waals surface area (Å²) in [6, 6.07) is 6.75. The Balaban J connectivity index is 2.01. The van der Waals surface area contributed by atoms with Crippen molar-refractivity contribution in [3.05, 3.63) is 23.8 Å². The van der Waals surface area contributed by atoms with Crippen molar-refractivity contribution in [2.75, 3.05) is 7.11 Å². The van der Waals surface area contributed by atoms with Crippen molar-refractivity contribution in [1.82, 2.24) is 5.32 Å². The molecule has 0 aromatic heterocycles. The molecule has 0 amide bonds. The summed E-state index contributed by atoms with van der Waals surface area (Å²) in [5, 5.41) is 3.43. The van der Waals surface area contributed by atoms with E-state index in [1.165, 1.54) is 44.1 Å². The Morgan fingerprint density at radius 3 is 2.43 bits per heavy atom. The minimum Gasteiger partial charge on any atom is -0.493 e. The molecule has 3 nitrogen and oxygen atoms in total. The summed E-state index contributed by atoms with van der Waals surface area (Å²) >= 11 is 0. The summed E-state index contributed by atoms with van der Waals surface area (Å²) < 4.78 is 11.7. The third-order valence-corrected chi connectivity index (χ3v) is 4.04. The summed E-state index contributed by atoms with van der Waals surface area (Å²) in [6.45, 7) is 5.17. The van der Waals surface area contributed by atoms with Crippen LogP contribution in [0, 0.1) is 0 Å². The second-order valence-electron chi connectivity index (χ2n) is 6.25. The Hall–Kier alpha value is -1.22. The lowest BCUT2D eigenvalue weighted by Gasteiger charge is -2.19. The van der Waals surface area contributed by atoms with E-state index in [2.05, 4.69) is 37.4 Å². The van der Waals surface area contributed by atoms with Gasteiger partial charge in [-0.3, -0.25) is 0 Å². The van der Waals surface area contributed by atoms with E-state index in [-0.39, 0.29) is 0 Å². The molecule has 21 heavy (non-hydrogen) atoms. The predicted molar refractivity (Wildman–Crippen MR) is 87.1 cm³/mol. The third kappa shape index (κ3) is 5.24. The van der Waals surface area contributed by atoms with Crippen molar-refractivity contribution in [2.24, 2.45) is 0 Å². The number of benzene rings is 1. The smallest absolute Gasteiger partial charge is 0.161 e. The molecular formula is C18H29NO2. The second kappa shape index (κ2) is 8.28. The summed E-state index contributed by atoms with van der Waals surface area (Å²) in [5.74, 6) is 1.74. The van der Waals surface area contributed by atoms with Crippen molar-refractivity contribution in [3.63, 3.8) is 0 Å². The molecule has 1 aliphatic carbocycles. The van der Waals surface area contributed by atoms with Crippen molar-refractivity contribution in [1.29, 1.82) is 0 Å². The lowest BCUT2D eigenvalue weighted by Crippen LogP contribution is -2.21. The molecule has 0 atom stereocenters. The first kappa shape index (κ1) is 16.2. The number of hydrogen-bond donors (Lipinski definition) is 1. The van der Waals surface area contributed by atoms with Gasteiger partial charge in [-0.1, -0.05) is 32.8 Å². The molecule has 118 valence electrons. The van der Waals surface area contributed by atoms with Crippen LogP contribution in [0.2, 0.25) is 0 Å². The van der Waals surface area contributed by atoms with Crippen molar-refractivity contribution in [3.8, 4) is 11.5 Å². The quantitative estimate of drug-likeness (QED) is 0.793. The van der Waals surface area contributed by atoms with Gasteiger partial charge in [0.05, 0.1) is 13.2 Å². The Kier molecular flexibility index (Phi) is 6.37. The summed E-state index contributed by atoms with van der Waals surface area (Å²) in [6.07, 6.45) is 7.93. The van der Waals surface area contributed by atoms with Crippen LogP contribution in [0.5, 0.6) is 11.5 Å². The van der Waals surface area contributed by atoms with Crippen LogP contribution in [0.25, 0.3) is 0 Å². The maximum atomic E-state index is 6.19. The SMILES string of the molecule is COc1cc(CNC(C)C)ccc1OC1CCCCCC1. The predicted octanol–water partition coefficient (Wildman–Crippen LogP) is 4.29. The maximum Gasteiger partial charge on any atom is 0.161 e. The van der Waals surface area contributed by atoms with E-state index in [0.717, 1.165) is 18.0 Å². The first-order valence-electron chi connectivity index (χ1n) is 8.26. The largest absolute Gasteiger partial charge is 0.493 e. The first-order valence-corrected chi connectivity index (χ1v) is 8.26. The fourth-order valence-electron chi connectivity index (χ4n) is 2.78. The minimum atomic E-state index is 0.348. The topological polar surface area (TPSA) is 30.5 Å². The number of nitrogens with one attached hydrogen (secondary N) is 1. The number of hydrogen-bond acceptors (Lipinski definition) is 3. The van der Waals surface area contributed by atoms with Gasteiger partial charge in [-0.2, -0.15) is 0 Å². The molecular weight excluding hydrogens is 262 g/mol. The van der Waals surface area contributed by atoms with Crippen LogP contribution < -0.4 is 14.8 Å². The van der Waals surface area contributed by atoms with Gasteiger partial charge in [-0.05, 0) is 43.4 Å². The molecule has 0 aliphatic heterocycles. The average molecular weight is 291 g/mol. The summed E-state index contributed by atoms with van der Waals surface area (Å²) in [7, 11) is 1.72. The van der Waals surface area contributed by atoms with Crippen molar-refractivity contribution in [2.45, 2.75) is 71.1 Å². The van der Waals surface area contributed by atoms with Gasteiger partial charge < -0.3 is 14.8 Å². The van der Waals surface area contributed by atoms with Crippen molar-refractivity contribution < 1.29 is 9.47 Å². The standard InChI is InChI=1S/C18H29NO2/c1-14(2)19-13-15-10-11-17(18(12-15)20-3)21-16-8-6-4-5-7-9-16/h10-12,14,16,19H,4-9,13H2,1-3H3. The van der Waals surface area contributed by atoms with Gasteiger partial charge in [0.15, 0.2) is 11.5 Å². The van der Waals surface area contributed by atoms with Crippen LogP contribution >= 0.6 is 0 Å².